The Morgan fingerprint density at radius 1 is 1.16 bits per heavy atom. The number of halogens is 5. The second kappa shape index (κ2) is 9.19. The topological polar surface area (TPSA) is 18.5 Å². The van der Waals surface area contributed by atoms with Crippen LogP contribution in [-0.4, -0.2) is 18.5 Å². The first-order valence-corrected chi connectivity index (χ1v) is 7.99. The van der Waals surface area contributed by atoms with Gasteiger partial charge in [-0.15, -0.1) is 0 Å². The third kappa shape index (κ3) is 6.46. The highest BCUT2D eigenvalue weighted by atomic mass is 79.9. The van der Waals surface area contributed by atoms with Gasteiger partial charge in [0.05, 0.1) is 16.7 Å². The quantitative estimate of drug-likeness (QED) is 0.416. The molecule has 0 aromatic heterocycles. The molecular weight excluding hydrogens is 398 g/mol. The molecule has 0 fully saturated rings. The zero-order valence-electron chi connectivity index (χ0n) is 9.77. The van der Waals surface area contributed by atoms with Crippen molar-refractivity contribution in [3.05, 3.63) is 32.7 Å². The van der Waals surface area contributed by atoms with Gasteiger partial charge < -0.3 is 9.47 Å². The highest BCUT2D eigenvalue weighted by molar-refractivity contribution is 9.09. The van der Waals surface area contributed by atoms with Crippen molar-refractivity contribution in [2.24, 2.45) is 0 Å². The van der Waals surface area contributed by atoms with Gasteiger partial charge in [0.25, 0.3) is 0 Å². The summed E-state index contributed by atoms with van der Waals surface area (Å²) in [5.41, 5.74) is 0. The van der Waals surface area contributed by atoms with Crippen molar-refractivity contribution in [1.29, 1.82) is 0 Å². The second-order valence-corrected chi connectivity index (χ2v) is 6.03. The van der Waals surface area contributed by atoms with Crippen LogP contribution in [0.4, 0.5) is 0 Å². The molecule has 1 aromatic carbocycles. The van der Waals surface area contributed by atoms with Crippen LogP contribution in [0.3, 0.4) is 0 Å². The Balaban J connectivity index is 2.71. The number of benzene rings is 1. The molecule has 106 valence electrons. The number of ether oxygens (including phenoxy) is 2. The first-order chi connectivity index (χ1) is 9.04. The number of hydrogen-bond donors (Lipinski definition) is 0. The summed E-state index contributed by atoms with van der Waals surface area (Å²) in [7, 11) is 0. The van der Waals surface area contributed by atoms with Crippen LogP contribution in [0.1, 0.15) is 6.42 Å². The highest BCUT2D eigenvalue weighted by Gasteiger charge is 2.10. The van der Waals surface area contributed by atoms with Crippen LogP contribution in [-0.2, 0) is 0 Å². The molecule has 19 heavy (non-hydrogen) atoms. The molecule has 0 aliphatic rings. The maximum atomic E-state index is 6.08. The lowest BCUT2D eigenvalue weighted by Crippen LogP contribution is -1.99. The average Bonchev–Trinajstić information content (AvgIpc) is 2.32. The van der Waals surface area contributed by atoms with Gasteiger partial charge >= 0.3 is 0 Å². The normalized spacial score (nSPS) is 10.2. The minimum atomic E-state index is 0.127. The van der Waals surface area contributed by atoms with E-state index in [2.05, 4.69) is 15.9 Å². The molecule has 0 heterocycles. The van der Waals surface area contributed by atoms with Crippen molar-refractivity contribution in [3.63, 3.8) is 0 Å². The molecule has 0 saturated carbocycles. The highest BCUT2D eigenvalue weighted by Crippen LogP contribution is 2.37. The Labute approximate surface area is 140 Å². The minimum absolute atomic E-state index is 0.127. The van der Waals surface area contributed by atoms with Crippen LogP contribution < -0.4 is 9.47 Å². The molecule has 1 aromatic rings. The van der Waals surface area contributed by atoms with Gasteiger partial charge in [0.1, 0.15) is 16.8 Å². The molecule has 0 radical (unpaired) electrons. The number of hydrogen-bond acceptors (Lipinski definition) is 2. The Morgan fingerprint density at radius 2 is 1.79 bits per heavy atom. The number of alkyl halides is 1. The van der Waals surface area contributed by atoms with Crippen molar-refractivity contribution in [2.45, 2.75) is 6.42 Å². The Morgan fingerprint density at radius 3 is 2.32 bits per heavy atom. The van der Waals surface area contributed by atoms with Crippen LogP contribution in [0.5, 0.6) is 11.5 Å². The van der Waals surface area contributed by atoms with Crippen LogP contribution in [0, 0.1) is 0 Å². The molecule has 0 N–H and O–H groups in total. The van der Waals surface area contributed by atoms with Gasteiger partial charge in [-0.3, -0.25) is 0 Å². The maximum absolute atomic E-state index is 6.08. The zero-order chi connectivity index (χ0) is 14.3. The lowest BCUT2D eigenvalue weighted by atomic mass is 10.3. The van der Waals surface area contributed by atoms with Gasteiger partial charge in [-0.25, -0.2) is 0 Å². The summed E-state index contributed by atoms with van der Waals surface area (Å²) in [5, 5.41) is 1.63. The summed E-state index contributed by atoms with van der Waals surface area (Å²) in [6.45, 7) is 0.772. The van der Waals surface area contributed by atoms with Gasteiger partial charge in [-0.2, -0.15) is 0 Å². The van der Waals surface area contributed by atoms with Gasteiger partial charge in [0.15, 0.2) is 5.75 Å². The molecular formula is C12H11BrCl4O2. The zero-order valence-corrected chi connectivity index (χ0v) is 14.4. The van der Waals surface area contributed by atoms with E-state index in [1.165, 1.54) is 6.08 Å². The first kappa shape index (κ1) is 17.3. The fourth-order valence-electron chi connectivity index (χ4n) is 1.19. The standard InChI is InChI=1S/C12H11BrCl4O2/c13-3-1-4-18-8-6-9(14)12(10(15)7-8)19-5-2-11(16)17/h2,6-7H,1,3-5H2. The van der Waals surface area contributed by atoms with Crippen LogP contribution >= 0.6 is 62.3 Å². The summed E-state index contributed by atoms with van der Waals surface area (Å²) >= 11 is 26.4. The van der Waals surface area contributed by atoms with Crippen molar-refractivity contribution in [3.8, 4) is 11.5 Å². The molecule has 0 amide bonds. The molecule has 0 aliphatic heterocycles. The molecule has 7 heteroatoms. The summed E-state index contributed by atoms with van der Waals surface area (Å²) in [6.07, 6.45) is 2.39. The average molecular weight is 409 g/mol. The third-order valence-electron chi connectivity index (χ3n) is 1.98. The van der Waals surface area contributed by atoms with Crippen molar-refractivity contribution >= 4 is 62.3 Å². The van der Waals surface area contributed by atoms with Crippen LogP contribution in [0.2, 0.25) is 10.0 Å². The van der Waals surface area contributed by atoms with Crippen molar-refractivity contribution in [2.75, 3.05) is 18.5 Å². The largest absolute Gasteiger partial charge is 0.493 e. The minimum Gasteiger partial charge on any atom is -0.493 e. The van der Waals surface area contributed by atoms with E-state index >= 15 is 0 Å². The molecule has 2 nitrogen and oxygen atoms in total. The van der Waals surface area contributed by atoms with E-state index in [4.69, 9.17) is 55.9 Å². The van der Waals surface area contributed by atoms with E-state index in [0.717, 1.165) is 11.8 Å². The van der Waals surface area contributed by atoms with E-state index in [1.54, 1.807) is 12.1 Å². The molecule has 0 unspecified atom stereocenters. The van der Waals surface area contributed by atoms with Crippen LogP contribution in [0.15, 0.2) is 22.7 Å². The Kier molecular flexibility index (Phi) is 8.35. The van der Waals surface area contributed by atoms with E-state index in [9.17, 15) is 0 Å². The third-order valence-corrected chi connectivity index (χ3v) is 3.41. The summed E-state index contributed by atoms with van der Waals surface area (Å²) in [4.78, 5) is 0. The van der Waals surface area contributed by atoms with Crippen molar-refractivity contribution in [1.82, 2.24) is 0 Å². The second-order valence-electron chi connectivity index (χ2n) is 3.41. The molecule has 1 rings (SSSR count). The fourth-order valence-corrected chi connectivity index (χ4v) is 2.12. The Hall–Kier alpha value is 0.200. The molecule has 0 bridgehead atoms. The predicted molar refractivity (Wildman–Crippen MR) is 85.7 cm³/mol. The predicted octanol–water partition coefficient (Wildman–Crippen LogP) is 5.86. The lowest BCUT2D eigenvalue weighted by molar-refractivity contribution is 0.317. The van der Waals surface area contributed by atoms with Gasteiger partial charge in [0.2, 0.25) is 0 Å². The molecule has 0 atom stereocenters. The fraction of sp³-hybridized carbons (Fsp3) is 0.333. The van der Waals surface area contributed by atoms with E-state index in [-0.39, 0.29) is 11.1 Å². The van der Waals surface area contributed by atoms with E-state index < -0.39 is 0 Å². The summed E-state index contributed by atoms with van der Waals surface area (Å²) < 4.78 is 11.0. The smallest absolute Gasteiger partial charge is 0.157 e. The molecule has 0 aliphatic carbocycles. The maximum Gasteiger partial charge on any atom is 0.157 e. The van der Waals surface area contributed by atoms with Gasteiger partial charge in [0, 0.05) is 17.5 Å². The first-order valence-electron chi connectivity index (χ1n) is 5.36. The van der Waals surface area contributed by atoms with E-state index in [1.807, 2.05) is 0 Å². The molecule has 0 spiro atoms. The molecule has 0 saturated heterocycles. The lowest BCUT2D eigenvalue weighted by Gasteiger charge is -2.11. The summed E-state index contributed by atoms with van der Waals surface area (Å²) in [5.74, 6) is 0.983. The summed E-state index contributed by atoms with van der Waals surface area (Å²) in [6, 6.07) is 3.31. The van der Waals surface area contributed by atoms with Gasteiger partial charge in [-0.05, 0) is 12.5 Å². The van der Waals surface area contributed by atoms with Crippen LogP contribution in [0.25, 0.3) is 0 Å². The number of rotatable bonds is 7. The Bertz CT molecular complexity index is 424. The van der Waals surface area contributed by atoms with Gasteiger partial charge in [-0.1, -0.05) is 62.3 Å². The van der Waals surface area contributed by atoms with E-state index in [0.29, 0.717) is 28.2 Å². The SMILES string of the molecule is ClC(Cl)=CCOc1c(Cl)cc(OCCCBr)cc1Cl. The monoisotopic (exact) mass is 406 g/mol. The van der Waals surface area contributed by atoms with Crippen molar-refractivity contribution < 1.29 is 9.47 Å².